The summed E-state index contributed by atoms with van der Waals surface area (Å²) in [5.74, 6) is 0.872. The van der Waals surface area contributed by atoms with E-state index in [0.29, 0.717) is 11.8 Å². The van der Waals surface area contributed by atoms with E-state index in [1.807, 2.05) is 0 Å². The molecule has 0 aromatic heterocycles. The van der Waals surface area contributed by atoms with Crippen molar-refractivity contribution < 1.29 is 5.11 Å². The summed E-state index contributed by atoms with van der Waals surface area (Å²) in [5.41, 5.74) is 0. The summed E-state index contributed by atoms with van der Waals surface area (Å²) >= 11 is 0. The molecule has 0 heterocycles. The van der Waals surface area contributed by atoms with Gasteiger partial charge >= 0.3 is 0 Å². The number of unbranched alkanes of at least 4 members (excludes halogenated alkanes) is 1. The smallest absolute Gasteiger partial charge is 0.0588 e. The highest BCUT2D eigenvalue weighted by Gasteiger charge is 2.16. The molecule has 0 fully saturated rings. The molecule has 0 unspecified atom stereocenters. The number of aliphatic hydroxyl groups excluding tert-OH is 1. The standard InChI is InChI=1S/C10H22O/c1-5-6-7-9(4)10(11)8(2)3/h8-11H,5-7H2,1-4H3/t9-,10+/m1/s1. The molecule has 1 heteroatoms. The molecule has 0 aliphatic heterocycles. The van der Waals surface area contributed by atoms with Crippen LogP contribution in [0.25, 0.3) is 0 Å². The SMILES string of the molecule is CCCC[C@@H](C)[C@@H](O)C(C)C. The summed E-state index contributed by atoms with van der Waals surface area (Å²) in [5, 5.41) is 9.62. The summed E-state index contributed by atoms with van der Waals surface area (Å²) in [4.78, 5) is 0. The zero-order valence-corrected chi connectivity index (χ0v) is 8.30. The fourth-order valence-corrected chi connectivity index (χ4v) is 1.35. The third-order valence-electron chi connectivity index (χ3n) is 2.28. The second-order valence-electron chi connectivity index (χ2n) is 3.85. The number of aliphatic hydroxyl groups is 1. The predicted molar refractivity (Wildman–Crippen MR) is 49.5 cm³/mol. The molecule has 0 saturated carbocycles. The van der Waals surface area contributed by atoms with Gasteiger partial charge in [-0.2, -0.15) is 0 Å². The van der Waals surface area contributed by atoms with E-state index in [0.717, 1.165) is 6.42 Å². The van der Waals surface area contributed by atoms with Crippen molar-refractivity contribution in [2.45, 2.75) is 53.1 Å². The van der Waals surface area contributed by atoms with Crippen LogP contribution in [-0.4, -0.2) is 11.2 Å². The monoisotopic (exact) mass is 158 g/mol. The topological polar surface area (TPSA) is 20.2 Å². The molecule has 0 aromatic rings. The molecule has 11 heavy (non-hydrogen) atoms. The Labute approximate surface area is 70.8 Å². The first kappa shape index (κ1) is 11.0. The first-order valence-corrected chi connectivity index (χ1v) is 4.77. The highest BCUT2D eigenvalue weighted by molar-refractivity contribution is 4.67. The van der Waals surface area contributed by atoms with Gasteiger partial charge in [0, 0.05) is 0 Å². The van der Waals surface area contributed by atoms with Crippen molar-refractivity contribution in [2.75, 3.05) is 0 Å². The van der Waals surface area contributed by atoms with Gasteiger partial charge in [-0.3, -0.25) is 0 Å². The minimum Gasteiger partial charge on any atom is -0.393 e. The predicted octanol–water partition coefficient (Wildman–Crippen LogP) is 2.83. The van der Waals surface area contributed by atoms with Gasteiger partial charge in [0.1, 0.15) is 0 Å². The molecule has 0 spiro atoms. The lowest BCUT2D eigenvalue weighted by atomic mass is 9.91. The number of rotatable bonds is 5. The van der Waals surface area contributed by atoms with Crippen molar-refractivity contribution in [3.63, 3.8) is 0 Å². The zero-order valence-electron chi connectivity index (χ0n) is 8.30. The summed E-state index contributed by atoms with van der Waals surface area (Å²) in [7, 11) is 0. The van der Waals surface area contributed by atoms with Crippen molar-refractivity contribution >= 4 is 0 Å². The second-order valence-corrected chi connectivity index (χ2v) is 3.85. The lowest BCUT2D eigenvalue weighted by Crippen LogP contribution is -2.23. The van der Waals surface area contributed by atoms with Gasteiger partial charge in [0.2, 0.25) is 0 Å². The van der Waals surface area contributed by atoms with E-state index < -0.39 is 0 Å². The van der Waals surface area contributed by atoms with Gasteiger partial charge in [0.25, 0.3) is 0 Å². The van der Waals surface area contributed by atoms with Gasteiger partial charge in [-0.15, -0.1) is 0 Å². The molecule has 1 N–H and O–H groups in total. The van der Waals surface area contributed by atoms with Crippen LogP contribution in [0.15, 0.2) is 0 Å². The van der Waals surface area contributed by atoms with Gasteiger partial charge in [-0.1, -0.05) is 40.5 Å². The highest BCUT2D eigenvalue weighted by atomic mass is 16.3. The van der Waals surface area contributed by atoms with E-state index in [9.17, 15) is 5.11 Å². The van der Waals surface area contributed by atoms with E-state index in [-0.39, 0.29) is 6.10 Å². The number of hydrogen-bond donors (Lipinski definition) is 1. The molecule has 68 valence electrons. The Hall–Kier alpha value is -0.0400. The molecule has 0 aliphatic carbocycles. The Balaban J connectivity index is 3.55. The van der Waals surface area contributed by atoms with E-state index in [1.165, 1.54) is 12.8 Å². The van der Waals surface area contributed by atoms with Crippen LogP contribution < -0.4 is 0 Å². The van der Waals surface area contributed by atoms with Gasteiger partial charge in [0.15, 0.2) is 0 Å². The lowest BCUT2D eigenvalue weighted by Gasteiger charge is -2.21. The van der Waals surface area contributed by atoms with E-state index >= 15 is 0 Å². The van der Waals surface area contributed by atoms with Crippen LogP contribution in [0, 0.1) is 11.8 Å². The summed E-state index contributed by atoms with van der Waals surface area (Å²) < 4.78 is 0. The quantitative estimate of drug-likeness (QED) is 0.652. The summed E-state index contributed by atoms with van der Waals surface area (Å²) in [6, 6.07) is 0. The van der Waals surface area contributed by atoms with Gasteiger partial charge in [-0.25, -0.2) is 0 Å². The lowest BCUT2D eigenvalue weighted by molar-refractivity contribution is 0.0675. The maximum Gasteiger partial charge on any atom is 0.0588 e. The fourth-order valence-electron chi connectivity index (χ4n) is 1.35. The van der Waals surface area contributed by atoms with E-state index in [1.54, 1.807) is 0 Å². The minimum absolute atomic E-state index is 0.110. The maximum absolute atomic E-state index is 9.62. The van der Waals surface area contributed by atoms with Crippen molar-refractivity contribution in [1.82, 2.24) is 0 Å². The average molecular weight is 158 g/mol. The third kappa shape index (κ3) is 4.41. The largest absolute Gasteiger partial charge is 0.393 e. The molecule has 0 rings (SSSR count). The Kier molecular flexibility index (Phi) is 5.57. The maximum atomic E-state index is 9.62. The highest BCUT2D eigenvalue weighted by Crippen LogP contribution is 2.17. The summed E-state index contributed by atoms with van der Waals surface area (Å²) in [6.45, 7) is 8.48. The van der Waals surface area contributed by atoms with Crippen LogP contribution in [0.5, 0.6) is 0 Å². The van der Waals surface area contributed by atoms with Gasteiger partial charge < -0.3 is 5.11 Å². The molecule has 0 amide bonds. The zero-order chi connectivity index (χ0) is 8.85. The van der Waals surface area contributed by atoms with E-state index in [4.69, 9.17) is 0 Å². The number of hydrogen-bond acceptors (Lipinski definition) is 1. The van der Waals surface area contributed by atoms with Crippen molar-refractivity contribution in [2.24, 2.45) is 11.8 Å². The fraction of sp³-hybridized carbons (Fsp3) is 1.00. The van der Waals surface area contributed by atoms with Crippen molar-refractivity contribution in [3.05, 3.63) is 0 Å². The van der Waals surface area contributed by atoms with E-state index in [2.05, 4.69) is 27.7 Å². The normalized spacial score (nSPS) is 16.9. The Morgan fingerprint density at radius 3 is 2.09 bits per heavy atom. The van der Waals surface area contributed by atoms with Crippen LogP contribution in [-0.2, 0) is 0 Å². The second kappa shape index (κ2) is 5.59. The Bertz CT molecular complexity index is 88.9. The van der Waals surface area contributed by atoms with Crippen LogP contribution in [0.2, 0.25) is 0 Å². The van der Waals surface area contributed by atoms with Crippen molar-refractivity contribution in [1.29, 1.82) is 0 Å². The van der Waals surface area contributed by atoms with Crippen molar-refractivity contribution in [3.8, 4) is 0 Å². The molecule has 0 aromatic carbocycles. The molecule has 1 nitrogen and oxygen atoms in total. The molecule has 0 bridgehead atoms. The third-order valence-corrected chi connectivity index (χ3v) is 2.28. The molecular formula is C10H22O. The van der Waals surface area contributed by atoms with Gasteiger partial charge in [-0.05, 0) is 18.3 Å². The first-order valence-electron chi connectivity index (χ1n) is 4.77. The summed E-state index contributed by atoms with van der Waals surface area (Å²) in [6.07, 6.45) is 3.53. The molecule has 2 atom stereocenters. The molecule has 0 radical (unpaired) electrons. The molecular weight excluding hydrogens is 136 g/mol. The molecule has 0 saturated heterocycles. The van der Waals surface area contributed by atoms with Crippen LogP contribution in [0.4, 0.5) is 0 Å². The minimum atomic E-state index is -0.110. The van der Waals surface area contributed by atoms with Crippen LogP contribution in [0.3, 0.4) is 0 Å². The van der Waals surface area contributed by atoms with Gasteiger partial charge in [0.05, 0.1) is 6.10 Å². The Morgan fingerprint density at radius 2 is 1.73 bits per heavy atom. The average Bonchev–Trinajstić information content (AvgIpc) is 1.98. The van der Waals surface area contributed by atoms with Crippen LogP contribution >= 0.6 is 0 Å². The first-order chi connectivity index (χ1) is 5.09. The molecule has 0 aliphatic rings. The van der Waals surface area contributed by atoms with Crippen LogP contribution in [0.1, 0.15) is 47.0 Å². The Morgan fingerprint density at radius 1 is 1.18 bits per heavy atom.